The number of nitrogens with zero attached hydrogens (tertiary/aromatic N) is 3. The molecule has 6 heteroatoms. The number of benzene rings is 1. The van der Waals surface area contributed by atoms with Gasteiger partial charge in [0.05, 0.1) is 29.2 Å². The average molecular weight is 287 g/mol. The van der Waals surface area contributed by atoms with Gasteiger partial charge in [0.25, 0.3) is 11.7 Å². The number of carbonyl (C=O) groups excluding carboxylic acids is 2. The Bertz CT molecular complexity index is 751. The van der Waals surface area contributed by atoms with Gasteiger partial charge in [-0.1, -0.05) is 13.0 Å². The molecule has 0 bridgehead atoms. The summed E-state index contributed by atoms with van der Waals surface area (Å²) < 4.78 is 15.6. The van der Waals surface area contributed by atoms with Crippen LogP contribution in [0.2, 0.25) is 0 Å². The smallest absolute Gasteiger partial charge is 0.296 e. The van der Waals surface area contributed by atoms with Crippen molar-refractivity contribution in [2.24, 2.45) is 7.05 Å². The number of anilines is 1. The molecule has 1 aromatic heterocycles. The van der Waals surface area contributed by atoms with E-state index < -0.39 is 17.5 Å². The number of rotatable bonds is 3. The number of halogens is 1. The maximum atomic E-state index is 14.0. The molecule has 0 spiro atoms. The molecule has 1 aliphatic heterocycles. The SMILES string of the molecule is CCc1cc(CN2C(=O)C(=O)c3cccc(F)c32)n(C)n1. The molecule has 2 heterocycles. The van der Waals surface area contributed by atoms with Gasteiger partial charge in [-0.3, -0.25) is 19.2 Å². The van der Waals surface area contributed by atoms with Gasteiger partial charge in [0.1, 0.15) is 5.82 Å². The zero-order valence-corrected chi connectivity index (χ0v) is 11.8. The van der Waals surface area contributed by atoms with E-state index in [-0.39, 0.29) is 17.8 Å². The Kier molecular flexibility index (Phi) is 3.08. The highest BCUT2D eigenvalue weighted by Gasteiger charge is 2.38. The topological polar surface area (TPSA) is 55.2 Å². The van der Waals surface area contributed by atoms with Crippen LogP contribution in [0.1, 0.15) is 28.7 Å². The predicted octanol–water partition coefficient (Wildman–Crippen LogP) is 1.85. The van der Waals surface area contributed by atoms with Crippen molar-refractivity contribution in [3.05, 3.63) is 47.0 Å². The minimum atomic E-state index is -0.700. The Hall–Kier alpha value is -2.50. The number of hydrogen-bond acceptors (Lipinski definition) is 3. The molecule has 3 rings (SSSR count). The Morgan fingerprint density at radius 1 is 1.29 bits per heavy atom. The van der Waals surface area contributed by atoms with Crippen LogP contribution in [0.3, 0.4) is 0 Å². The van der Waals surface area contributed by atoms with Gasteiger partial charge in [-0.15, -0.1) is 0 Å². The molecular formula is C15H14FN3O2. The molecule has 1 amide bonds. The molecule has 108 valence electrons. The summed E-state index contributed by atoms with van der Waals surface area (Å²) in [6.45, 7) is 2.10. The highest BCUT2D eigenvalue weighted by atomic mass is 19.1. The molecule has 0 atom stereocenters. The van der Waals surface area contributed by atoms with Crippen LogP contribution in [-0.4, -0.2) is 21.5 Å². The van der Waals surface area contributed by atoms with E-state index in [4.69, 9.17) is 0 Å². The number of amides is 1. The third-order valence-electron chi connectivity index (χ3n) is 3.65. The number of carbonyl (C=O) groups is 2. The van der Waals surface area contributed by atoms with Crippen molar-refractivity contribution in [2.45, 2.75) is 19.9 Å². The van der Waals surface area contributed by atoms with E-state index in [1.165, 1.54) is 23.1 Å². The standard InChI is InChI=1S/C15H14FN3O2/c1-3-9-7-10(18(2)17-9)8-19-13-11(14(20)15(19)21)5-4-6-12(13)16/h4-7H,3,8H2,1-2H3. The van der Waals surface area contributed by atoms with E-state index >= 15 is 0 Å². The van der Waals surface area contributed by atoms with Gasteiger partial charge in [0.15, 0.2) is 0 Å². The van der Waals surface area contributed by atoms with Crippen LogP contribution in [0.25, 0.3) is 0 Å². The summed E-state index contributed by atoms with van der Waals surface area (Å²) in [7, 11) is 1.76. The van der Waals surface area contributed by atoms with E-state index in [2.05, 4.69) is 5.10 Å². The van der Waals surface area contributed by atoms with Crippen molar-refractivity contribution >= 4 is 17.4 Å². The maximum Gasteiger partial charge on any atom is 0.299 e. The number of ketones is 1. The number of aryl methyl sites for hydroxylation is 2. The van der Waals surface area contributed by atoms with Gasteiger partial charge in [0, 0.05) is 7.05 Å². The first-order valence-corrected chi connectivity index (χ1v) is 6.69. The van der Waals surface area contributed by atoms with Crippen molar-refractivity contribution in [3.63, 3.8) is 0 Å². The molecule has 0 N–H and O–H groups in total. The second-order valence-electron chi connectivity index (χ2n) is 4.96. The number of fused-ring (bicyclic) bond motifs is 1. The van der Waals surface area contributed by atoms with Crippen LogP contribution >= 0.6 is 0 Å². The molecule has 0 saturated heterocycles. The number of para-hydroxylation sites is 1. The van der Waals surface area contributed by atoms with Gasteiger partial charge < -0.3 is 0 Å². The lowest BCUT2D eigenvalue weighted by atomic mass is 10.1. The molecule has 1 aliphatic rings. The molecular weight excluding hydrogens is 273 g/mol. The number of aromatic nitrogens is 2. The first kappa shape index (κ1) is 13.5. The van der Waals surface area contributed by atoms with Crippen molar-refractivity contribution in [3.8, 4) is 0 Å². The summed E-state index contributed by atoms with van der Waals surface area (Å²) in [5.74, 6) is -1.93. The van der Waals surface area contributed by atoms with Gasteiger partial charge in [0.2, 0.25) is 0 Å². The molecule has 0 aliphatic carbocycles. The molecule has 0 saturated carbocycles. The molecule has 1 aromatic carbocycles. The van der Waals surface area contributed by atoms with Gasteiger partial charge in [-0.25, -0.2) is 4.39 Å². The van der Waals surface area contributed by atoms with Crippen LogP contribution in [-0.2, 0) is 24.8 Å². The third kappa shape index (κ3) is 2.03. The van der Waals surface area contributed by atoms with Gasteiger partial charge in [-0.2, -0.15) is 5.10 Å². The fourth-order valence-corrected chi connectivity index (χ4v) is 2.52. The molecule has 0 fully saturated rings. The summed E-state index contributed by atoms with van der Waals surface area (Å²) in [4.78, 5) is 25.2. The lowest BCUT2D eigenvalue weighted by Gasteiger charge is -2.16. The van der Waals surface area contributed by atoms with Crippen LogP contribution in [0.4, 0.5) is 10.1 Å². The van der Waals surface area contributed by atoms with E-state index in [1.807, 2.05) is 13.0 Å². The average Bonchev–Trinajstić information content (AvgIpc) is 2.94. The quantitative estimate of drug-likeness (QED) is 0.810. The number of hydrogen-bond donors (Lipinski definition) is 0. The summed E-state index contributed by atoms with van der Waals surface area (Å²) >= 11 is 0. The first-order chi connectivity index (χ1) is 10.0. The molecule has 2 aromatic rings. The maximum absolute atomic E-state index is 14.0. The predicted molar refractivity (Wildman–Crippen MR) is 74.5 cm³/mol. The molecule has 21 heavy (non-hydrogen) atoms. The minimum absolute atomic E-state index is 0.0618. The molecule has 0 radical (unpaired) electrons. The van der Waals surface area contributed by atoms with Gasteiger partial charge >= 0.3 is 0 Å². The van der Waals surface area contributed by atoms with Crippen LogP contribution in [0.15, 0.2) is 24.3 Å². The fourth-order valence-electron chi connectivity index (χ4n) is 2.52. The lowest BCUT2D eigenvalue weighted by Crippen LogP contribution is -2.30. The first-order valence-electron chi connectivity index (χ1n) is 6.69. The van der Waals surface area contributed by atoms with E-state index in [0.717, 1.165) is 17.8 Å². The Labute approximate surface area is 121 Å². The van der Waals surface area contributed by atoms with Crippen molar-refractivity contribution in [2.75, 3.05) is 4.90 Å². The summed E-state index contributed by atoms with van der Waals surface area (Å²) in [6.07, 6.45) is 0.770. The Morgan fingerprint density at radius 3 is 2.71 bits per heavy atom. The van der Waals surface area contributed by atoms with E-state index in [9.17, 15) is 14.0 Å². The second-order valence-corrected chi connectivity index (χ2v) is 4.96. The largest absolute Gasteiger partial charge is 0.299 e. The zero-order chi connectivity index (χ0) is 15.1. The summed E-state index contributed by atoms with van der Waals surface area (Å²) in [5, 5.41) is 4.29. The fraction of sp³-hybridized carbons (Fsp3) is 0.267. The molecule has 5 nitrogen and oxygen atoms in total. The van der Waals surface area contributed by atoms with E-state index in [0.29, 0.717) is 0 Å². The summed E-state index contributed by atoms with van der Waals surface area (Å²) in [6, 6.07) is 6.01. The van der Waals surface area contributed by atoms with Crippen molar-refractivity contribution in [1.82, 2.24) is 9.78 Å². The van der Waals surface area contributed by atoms with Crippen LogP contribution < -0.4 is 4.90 Å². The normalized spacial score (nSPS) is 14.0. The van der Waals surface area contributed by atoms with Gasteiger partial charge in [-0.05, 0) is 24.6 Å². The van der Waals surface area contributed by atoms with Crippen molar-refractivity contribution in [1.29, 1.82) is 0 Å². The highest BCUT2D eigenvalue weighted by molar-refractivity contribution is 6.52. The van der Waals surface area contributed by atoms with E-state index in [1.54, 1.807) is 11.7 Å². The lowest BCUT2D eigenvalue weighted by molar-refractivity contribution is -0.114. The third-order valence-corrected chi connectivity index (χ3v) is 3.65. The van der Waals surface area contributed by atoms with Crippen LogP contribution in [0.5, 0.6) is 0 Å². The second kappa shape index (κ2) is 4.80. The number of Topliss-reactive ketones (excluding diaryl/α,β-unsaturated/α-hetero) is 1. The zero-order valence-electron chi connectivity index (χ0n) is 11.8. The Morgan fingerprint density at radius 2 is 2.05 bits per heavy atom. The minimum Gasteiger partial charge on any atom is -0.296 e. The summed E-state index contributed by atoms with van der Waals surface area (Å²) in [5.41, 5.74) is 1.83. The highest BCUT2D eigenvalue weighted by Crippen LogP contribution is 2.32. The van der Waals surface area contributed by atoms with Crippen molar-refractivity contribution < 1.29 is 14.0 Å². The van der Waals surface area contributed by atoms with Crippen LogP contribution in [0, 0.1) is 5.82 Å². The Balaban J connectivity index is 2.02. The molecule has 0 unspecified atom stereocenters. The monoisotopic (exact) mass is 287 g/mol.